The maximum Gasteiger partial charge on any atom is 0.231 e. The second-order valence-corrected chi connectivity index (χ2v) is 4.51. The molecule has 4 nitrogen and oxygen atoms in total. The zero-order valence-corrected chi connectivity index (χ0v) is 10.5. The van der Waals surface area contributed by atoms with Gasteiger partial charge in [0.05, 0.1) is 17.9 Å². The van der Waals surface area contributed by atoms with E-state index in [9.17, 15) is 4.79 Å². The fourth-order valence-electron chi connectivity index (χ4n) is 2.07. The number of hydrogen-bond acceptors (Lipinski definition) is 4. The van der Waals surface area contributed by atoms with Crippen molar-refractivity contribution in [1.29, 1.82) is 5.26 Å². The van der Waals surface area contributed by atoms with E-state index in [0.717, 1.165) is 5.56 Å². The summed E-state index contributed by atoms with van der Waals surface area (Å²) < 4.78 is 10.6. The smallest absolute Gasteiger partial charge is 0.231 e. The lowest BCUT2D eigenvalue weighted by molar-refractivity contribution is -0.123. The van der Waals surface area contributed by atoms with Crippen LogP contribution in [0.4, 0.5) is 0 Å². The molecule has 1 atom stereocenters. The Morgan fingerprint density at radius 2 is 2.17 bits per heavy atom. The third-order valence-corrected chi connectivity index (χ3v) is 3.57. The predicted octanol–water partition coefficient (Wildman–Crippen LogP) is 2.57. The maximum absolute atomic E-state index is 12.1. The standard InChI is InChI=1S/C14H15NO3/c1-3-14(2,13(16)6-7-15)10-4-5-11-12(8-10)18-9-17-11/h4-5,8H,3,6,9H2,1-2H3. The molecule has 0 aliphatic carbocycles. The third-order valence-electron chi connectivity index (χ3n) is 3.57. The van der Waals surface area contributed by atoms with Crippen molar-refractivity contribution in [2.75, 3.05) is 6.79 Å². The van der Waals surface area contributed by atoms with E-state index in [1.165, 1.54) is 0 Å². The van der Waals surface area contributed by atoms with Gasteiger partial charge in [-0.25, -0.2) is 0 Å². The van der Waals surface area contributed by atoms with Crippen LogP contribution < -0.4 is 9.47 Å². The third kappa shape index (κ3) is 1.92. The van der Waals surface area contributed by atoms with E-state index in [2.05, 4.69) is 0 Å². The van der Waals surface area contributed by atoms with Crippen molar-refractivity contribution in [3.05, 3.63) is 23.8 Å². The van der Waals surface area contributed by atoms with Gasteiger partial charge in [-0.3, -0.25) is 4.79 Å². The van der Waals surface area contributed by atoms with Gasteiger partial charge in [0.15, 0.2) is 17.3 Å². The second kappa shape index (κ2) is 4.69. The minimum Gasteiger partial charge on any atom is -0.454 e. The first-order valence-corrected chi connectivity index (χ1v) is 5.92. The number of rotatable bonds is 4. The Kier molecular flexibility index (Phi) is 3.24. The topological polar surface area (TPSA) is 59.3 Å². The normalized spacial score (nSPS) is 15.8. The van der Waals surface area contributed by atoms with Gasteiger partial charge >= 0.3 is 0 Å². The van der Waals surface area contributed by atoms with Crippen molar-refractivity contribution < 1.29 is 14.3 Å². The first-order chi connectivity index (χ1) is 8.61. The summed E-state index contributed by atoms with van der Waals surface area (Å²) in [4.78, 5) is 12.1. The molecule has 94 valence electrons. The Labute approximate surface area is 106 Å². The lowest BCUT2D eigenvalue weighted by Gasteiger charge is -2.26. The zero-order valence-electron chi connectivity index (χ0n) is 10.5. The average Bonchev–Trinajstić information content (AvgIpc) is 2.85. The lowest BCUT2D eigenvalue weighted by Crippen LogP contribution is -2.31. The van der Waals surface area contributed by atoms with Crippen molar-refractivity contribution in [2.24, 2.45) is 0 Å². The molecule has 0 aromatic heterocycles. The van der Waals surface area contributed by atoms with Crippen LogP contribution in [0.2, 0.25) is 0 Å². The van der Waals surface area contributed by atoms with E-state index in [1.807, 2.05) is 38.1 Å². The largest absolute Gasteiger partial charge is 0.454 e. The minimum absolute atomic E-state index is 0.0636. The lowest BCUT2D eigenvalue weighted by atomic mass is 9.75. The van der Waals surface area contributed by atoms with Crippen LogP contribution in [-0.2, 0) is 10.2 Å². The molecule has 0 saturated carbocycles. The molecular weight excluding hydrogens is 230 g/mol. The molecule has 0 N–H and O–H groups in total. The molecule has 0 fully saturated rings. The molecule has 0 saturated heterocycles. The van der Waals surface area contributed by atoms with Crippen molar-refractivity contribution in [1.82, 2.24) is 0 Å². The summed E-state index contributed by atoms with van der Waals surface area (Å²) in [6.07, 6.45) is 0.575. The molecule has 0 spiro atoms. The van der Waals surface area contributed by atoms with Crippen LogP contribution in [0, 0.1) is 11.3 Å². The highest BCUT2D eigenvalue weighted by molar-refractivity contribution is 5.91. The molecule has 1 aromatic rings. The monoisotopic (exact) mass is 245 g/mol. The highest BCUT2D eigenvalue weighted by Crippen LogP contribution is 2.38. The van der Waals surface area contributed by atoms with E-state index < -0.39 is 5.41 Å². The highest BCUT2D eigenvalue weighted by Gasteiger charge is 2.33. The summed E-state index contributed by atoms with van der Waals surface area (Å²) in [5, 5.41) is 8.68. The number of ether oxygens (including phenoxy) is 2. The molecule has 0 bridgehead atoms. The van der Waals surface area contributed by atoms with Gasteiger partial charge in [-0.15, -0.1) is 0 Å². The number of ketones is 1. The Morgan fingerprint density at radius 3 is 2.83 bits per heavy atom. The van der Waals surface area contributed by atoms with E-state index >= 15 is 0 Å². The van der Waals surface area contributed by atoms with Gasteiger partial charge in [-0.1, -0.05) is 13.0 Å². The minimum atomic E-state index is -0.642. The van der Waals surface area contributed by atoms with Gasteiger partial charge in [0.2, 0.25) is 6.79 Å². The number of nitrogens with zero attached hydrogens (tertiary/aromatic N) is 1. The van der Waals surface area contributed by atoms with Gasteiger partial charge in [0.1, 0.15) is 0 Å². The summed E-state index contributed by atoms with van der Waals surface area (Å²) in [6, 6.07) is 7.44. The molecule has 4 heteroatoms. The van der Waals surface area contributed by atoms with Crippen LogP contribution in [0.3, 0.4) is 0 Å². The summed E-state index contributed by atoms with van der Waals surface area (Å²) in [7, 11) is 0. The molecule has 1 aliphatic heterocycles. The van der Waals surface area contributed by atoms with Crippen LogP contribution in [0.5, 0.6) is 11.5 Å². The maximum atomic E-state index is 12.1. The fraction of sp³-hybridized carbons (Fsp3) is 0.429. The molecule has 0 radical (unpaired) electrons. The zero-order chi connectivity index (χ0) is 13.2. The number of carbonyl (C=O) groups excluding carboxylic acids is 1. The molecule has 1 heterocycles. The van der Waals surface area contributed by atoms with Crippen molar-refractivity contribution >= 4 is 5.78 Å². The Bertz CT molecular complexity index is 518. The van der Waals surface area contributed by atoms with Crippen LogP contribution in [0.1, 0.15) is 32.3 Å². The fourth-order valence-corrected chi connectivity index (χ4v) is 2.07. The molecule has 18 heavy (non-hydrogen) atoms. The molecule has 1 aromatic carbocycles. The number of fused-ring (bicyclic) bond motifs is 1. The van der Waals surface area contributed by atoms with Crippen LogP contribution in [0.25, 0.3) is 0 Å². The average molecular weight is 245 g/mol. The van der Waals surface area contributed by atoms with Gasteiger partial charge in [0, 0.05) is 0 Å². The van der Waals surface area contributed by atoms with Crippen LogP contribution in [0.15, 0.2) is 18.2 Å². The summed E-state index contributed by atoms with van der Waals surface area (Å²) >= 11 is 0. The number of carbonyl (C=O) groups is 1. The SMILES string of the molecule is CCC(C)(C(=O)CC#N)c1ccc2c(c1)OCO2. The van der Waals surface area contributed by atoms with E-state index in [1.54, 1.807) is 0 Å². The Morgan fingerprint density at radius 1 is 1.44 bits per heavy atom. The first kappa shape index (κ1) is 12.4. The van der Waals surface area contributed by atoms with Gasteiger partial charge in [-0.2, -0.15) is 5.26 Å². The van der Waals surface area contributed by atoms with Crippen molar-refractivity contribution in [3.63, 3.8) is 0 Å². The van der Waals surface area contributed by atoms with Gasteiger partial charge in [-0.05, 0) is 31.0 Å². The first-order valence-electron chi connectivity index (χ1n) is 5.92. The Balaban J connectivity index is 2.39. The highest BCUT2D eigenvalue weighted by atomic mass is 16.7. The summed E-state index contributed by atoms with van der Waals surface area (Å²) in [6.45, 7) is 4.03. The quantitative estimate of drug-likeness (QED) is 0.818. The van der Waals surface area contributed by atoms with Gasteiger partial charge in [0.25, 0.3) is 0 Å². The summed E-state index contributed by atoms with van der Waals surface area (Å²) in [5.74, 6) is 1.30. The number of hydrogen-bond donors (Lipinski definition) is 0. The molecule has 1 unspecified atom stereocenters. The van der Waals surface area contributed by atoms with E-state index in [0.29, 0.717) is 17.9 Å². The van der Waals surface area contributed by atoms with Crippen LogP contribution >= 0.6 is 0 Å². The van der Waals surface area contributed by atoms with Gasteiger partial charge < -0.3 is 9.47 Å². The molecule has 1 aliphatic rings. The molecule has 0 amide bonds. The predicted molar refractivity (Wildman–Crippen MR) is 65.4 cm³/mol. The summed E-state index contributed by atoms with van der Waals surface area (Å²) in [5.41, 5.74) is 0.228. The number of nitriles is 1. The van der Waals surface area contributed by atoms with Crippen LogP contribution in [-0.4, -0.2) is 12.6 Å². The van der Waals surface area contributed by atoms with Crippen molar-refractivity contribution in [2.45, 2.75) is 32.1 Å². The van der Waals surface area contributed by atoms with Crippen molar-refractivity contribution in [3.8, 4) is 17.6 Å². The Hall–Kier alpha value is -2.02. The molecular formula is C14H15NO3. The molecule has 2 rings (SSSR count). The number of Topliss-reactive ketones (excluding diaryl/α,β-unsaturated/α-hetero) is 1. The number of benzene rings is 1. The van der Waals surface area contributed by atoms with E-state index in [4.69, 9.17) is 14.7 Å². The second-order valence-electron chi connectivity index (χ2n) is 4.51. The van der Waals surface area contributed by atoms with E-state index in [-0.39, 0.29) is 19.0 Å².